The molecule has 178 valence electrons. The van der Waals surface area contributed by atoms with Crippen molar-refractivity contribution in [2.75, 3.05) is 20.1 Å². The van der Waals surface area contributed by atoms with Crippen molar-refractivity contribution >= 4 is 17.5 Å². The first-order valence-electron chi connectivity index (χ1n) is 10.7. The van der Waals surface area contributed by atoms with E-state index in [2.05, 4.69) is 10.3 Å². The van der Waals surface area contributed by atoms with Crippen molar-refractivity contribution in [1.82, 2.24) is 19.8 Å². The van der Waals surface area contributed by atoms with Gasteiger partial charge in [0.05, 0.1) is 12.2 Å². The quantitative estimate of drug-likeness (QED) is 0.577. The van der Waals surface area contributed by atoms with Crippen LogP contribution in [0.2, 0.25) is 5.02 Å². The number of hydrogen-bond donors (Lipinski definition) is 1. The molecule has 3 aromatic rings. The van der Waals surface area contributed by atoms with Gasteiger partial charge in [-0.15, -0.1) is 0 Å². The Labute approximate surface area is 199 Å². The van der Waals surface area contributed by atoms with Crippen LogP contribution in [-0.4, -0.2) is 40.5 Å². The Morgan fingerprint density at radius 2 is 2.00 bits per heavy atom. The van der Waals surface area contributed by atoms with Gasteiger partial charge in [0.2, 0.25) is 11.8 Å². The van der Waals surface area contributed by atoms with Crippen molar-refractivity contribution in [3.05, 3.63) is 85.9 Å². The van der Waals surface area contributed by atoms with Gasteiger partial charge in [-0.25, -0.2) is 8.78 Å². The minimum atomic E-state index is -0.766. The average molecular weight is 489 g/mol. The molecular formula is C24H23ClF2N4O3. The Morgan fingerprint density at radius 1 is 1.21 bits per heavy atom. The fraction of sp³-hybridized carbons (Fsp3) is 0.292. The fourth-order valence-corrected chi connectivity index (χ4v) is 4.11. The normalized spacial score (nSPS) is 13.0. The maximum Gasteiger partial charge on any atom is 0.280 e. The van der Waals surface area contributed by atoms with Crippen LogP contribution in [0.4, 0.5) is 8.78 Å². The van der Waals surface area contributed by atoms with Crippen molar-refractivity contribution in [2.45, 2.75) is 26.5 Å². The third-order valence-electron chi connectivity index (χ3n) is 5.69. The standard InChI is InChI=1S/C24H23ClF2N4O3/c1-14-29-23(34-13-16-3-5-18(26)10-20(16)27)22(25)24(33)31(14)19-6-4-15-7-8-30(12-17(15)9-19)21(32)11-28-2/h3-6,9-10,28H,7-8,11-13H2,1-2H3. The minimum Gasteiger partial charge on any atom is -0.471 e. The second-order valence-corrected chi connectivity index (χ2v) is 8.37. The monoisotopic (exact) mass is 488 g/mol. The average Bonchev–Trinajstić information content (AvgIpc) is 2.81. The number of likely N-dealkylation sites (N-methyl/N-ethyl adjacent to an activating group) is 1. The smallest absolute Gasteiger partial charge is 0.280 e. The summed E-state index contributed by atoms with van der Waals surface area (Å²) in [6.45, 7) is 2.71. The molecule has 0 unspecified atom stereocenters. The summed E-state index contributed by atoms with van der Waals surface area (Å²) in [4.78, 5) is 31.4. The number of nitrogens with one attached hydrogen (secondary N) is 1. The van der Waals surface area contributed by atoms with Gasteiger partial charge in [0, 0.05) is 24.7 Å². The van der Waals surface area contributed by atoms with Crippen LogP contribution in [0.25, 0.3) is 5.69 Å². The van der Waals surface area contributed by atoms with Crippen LogP contribution in [0.3, 0.4) is 0 Å². The lowest BCUT2D eigenvalue weighted by molar-refractivity contribution is -0.131. The molecular weight excluding hydrogens is 466 g/mol. The third kappa shape index (κ3) is 4.80. The van der Waals surface area contributed by atoms with Crippen LogP contribution >= 0.6 is 11.6 Å². The van der Waals surface area contributed by atoms with Crippen LogP contribution in [0, 0.1) is 18.6 Å². The summed E-state index contributed by atoms with van der Waals surface area (Å²) in [5.41, 5.74) is 2.19. The second kappa shape index (κ2) is 9.90. The van der Waals surface area contributed by atoms with Gasteiger partial charge in [0.1, 0.15) is 24.1 Å². The summed E-state index contributed by atoms with van der Waals surface area (Å²) in [5.74, 6) is -1.27. The van der Waals surface area contributed by atoms with Gasteiger partial charge in [-0.2, -0.15) is 4.98 Å². The Bertz CT molecular complexity index is 1310. The molecule has 1 aliphatic rings. The highest BCUT2D eigenvalue weighted by atomic mass is 35.5. The predicted molar refractivity (Wildman–Crippen MR) is 123 cm³/mol. The summed E-state index contributed by atoms with van der Waals surface area (Å²) < 4.78 is 33.8. The maximum absolute atomic E-state index is 13.9. The summed E-state index contributed by atoms with van der Waals surface area (Å²) in [6, 6.07) is 8.72. The number of amides is 1. The van der Waals surface area contributed by atoms with Gasteiger partial charge < -0.3 is 15.0 Å². The molecule has 0 fully saturated rings. The molecule has 0 spiro atoms. The van der Waals surface area contributed by atoms with E-state index in [9.17, 15) is 18.4 Å². The van der Waals surface area contributed by atoms with E-state index in [4.69, 9.17) is 16.3 Å². The lowest BCUT2D eigenvalue weighted by Crippen LogP contribution is -2.40. The molecule has 0 aliphatic carbocycles. The number of nitrogens with zero attached hydrogens (tertiary/aromatic N) is 3. The van der Waals surface area contributed by atoms with E-state index in [-0.39, 0.29) is 35.5 Å². The molecule has 1 aliphatic heterocycles. The van der Waals surface area contributed by atoms with Crippen molar-refractivity contribution < 1.29 is 18.3 Å². The van der Waals surface area contributed by atoms with Gasteiger partial charge in [0.25, 0.3) is 5.56 Å². The highest BCUT2D eigenvalue weighted by Crippen LogP contribution is 2.25. The zero-order valence-corrected chi connectivity index (χ0v) is 19.5. The molecule has 10 heteroatoms. The number of aryl methyl sites for hydroxylation is 1. The van der Waals surface area contributed by atoms with Gasteiger partial charge in [-0.3, -0.25) is 14.2 Å². The number of ether oxygens (including phenoxy) is 1. The topological polar surface area (TPSA) is 76.5 Å². The largest absolute Gasteiger partial charge is 0.471 e. The Morgan fingerprint density at radius 3 is 2.74 bits per heavy atom. The van der Waals surface area contributed by atoms with Gasteiger partial charge in [-0.1, -0.05) is 17.7 Å². The zero-order valence-electron chi connectivity index (χ0n) is 18.7. The number of fused-ring (bicyclic) bond motifs is 1. The molecule has 7 nitrogen and oxygen atoms in total. The van der Waals surface area contributed by atoms with E-state index >= 15 is 0 Å². The molecule has 0 atom stereocenters. The summed E-state index contributed by atoms with van der Waals surface area (Å²) in [6.07, 6.45) is 0.727. The molecule has 1 amide bonds. The van der Waals surface area contributed by atoms with Crippen molar-refractivity contribution in [1.29, 1.82) is 0 Å². The first kappa shape index (κ1) is 23.8. The molecule has 2 aromatic carbocycles. The fourth-order valence-electron chi connectivity index (χ4n) is 3.93. The summed E-state index contributed by atoms with van der Waals surface area (Å²) >= 11 is 6.26. The number of carbonyl (C=O) groups excluding carboxylic acids is 1. The molecule has 0 radical (unpaired) electrons. The van der Waals surface area contributed by atoms with Crippen molar-refractivity contribution in [2.24, 2.45) is 0 Å². The molecule has 2 heterocycles. The number of halogens is 3. The molecule has 0 saturated heterocycles. The molecule has 0 saturated carbocycles. The van der Waals surface area contributed by atoms with E-state index in [0.29, 0.717) is 24.6 Å². The highest BCUT2D eigenvalue weighted by molar-refractivity contribution is 6.31. The van der Waals surface area contributed by atoms with Crippen LogP contribution in [-0.2, 0) is 24.4 Å². The molecule has 34 heavy (non-hydrogen) atoms. The number of aromatic nitrogens is 2. The van der Waals surface area contributed by atoms with Crippen molar-refractivity contribution in [3.8, 4) is 11.6 Å². The van der Waals surface area contributed by atoms with E-state index in [1.807, 2.05) is 18.2 Å². The first-order chi connectivity index (χ1) is 16.3. The molecule has 1 aromatic heterocycles. The molecule has 1 N–H and O–H groups in total. The van der Waals surface area contributed by atoms with E-state index < -0.39 is 17.2 Å². The van der Waals surface area contributed by atoms with E-state index in [1.54, 1.807) is 18.9 Å². The zero-order chi connectivity index (χ0) is 24.4. The van der Waals surface area contributed by atoms with Gasteiger partial charge >= 0.3 is 0 Å². The number of rotatable bonds is 6. The first-order valence-corrected chi connectivity index (χ1v) is 11.1. The Balaban J connectivity index is 1.61. The maximum atomic E-state index is 13.9. The lowest BCUT2D eigenvalue weighted by Gasteiger charge is -2.29. The van der Waals surface area contributed by atoms with Gasteiger partial charge in [-0.05, 0) is 55.8 Å². The van der Waals surface area contributed by atoms with E-state index in [1.165, 1.54) is 10.6 Å². The Kier molecular flexibility index (Phi) is 6.95. The Hall–Kier alpha value is -3.30. The molecule has 4 rings (SSSR count). The highest BCUT2D eigenvalue weighted by Gasteiger charge is 2.22. The van der Waals surface area contributed by atoms with E-state index in [0.717, 1.165) is 29.7 Å². The van der Waals surface area contributed by atoms with Crippen LogP contribution in [0.15, 0.2) is 41.2 Å². The number of carbonyl (C=O) groups is 1. The molecule has 0 bridgehead atoms. The number of hydrogen-bond acceptors (Lipinski definition) is 5. The second-order valence-electron chi connectivity index (χ2n) is 7.99. The van der Waals surface area contributed by atoms with Crippen LogP contribution in [0.5, 0.6) is 5.88 Å². The van der Waals surface area contributed by atoms with Gasteiger partial charge in [0.15, 0.2) is 5.02 Å². The summed E-state index contributed by atoms with van der Waals surface area (Å²) in [5, 5.41) is 2.62. The summed E-state index contributed by atoms with van der Waals surface area (Å²) in [7, 11) is 1.73. The predicted octanol–water partition coefficient (Wildman–Crippen LogP) is 3.16. The van der Waals surface area contributed by atoms with Crippen LogP contribution < -0.4 is 15.6 Å². The minimum absolute atomic E-state index is 0.00991. The third-order valence-corrected chi connectivity index (χ3v) is 6.01. The SMILES string of the molecule is CNCC(=O)N1CCc2ccc(-n3c(C)nc(OCc4ccc(F)cc4F)c(Cl)c3=O)cc2C1. The van der Waals surface area contributed by atoms with Crippen molar-refractivity contribution in [3.63, 3.8) is 0 Å². The lowest BCUT2D eigenvalue weighted by atomic mass is 9.99. The number of benzene rings is 2. The van der Waals surface area contributed by atoms with Crippen LogP contribution in [0.1, 0.15) is 22.5 Å².